The van der Waals surface area contributed by atoms with Gasteiger partial charge in [0.15, 0.2) is 5.11 Å². The summed E-state index contributed by atoms with van der Waals surface area (Å²) in [5.41, 5.74) is 2.07. The summed E-state index contributed by atoms with van der Waals surface area (Å²) in [6.45, 7) is 2.85. The van der Waals surface area contributed by atoms with Crippen LogP contribution in [0, 0.1) is 6.92 Å². The predicted molar refractivity (Wildman–Crippen MR) is 72.6 cm³/mol. The molecule has 1 aromatic rings. The third-order valence-electron chi connectivity index (χ3n) is 1.98. The second-order valence-corrected chi connectivity index (χ2v) is 4.66. The Kier molecular flexibility index (Phi) is 6.10. The minimum absolute atomic E-state index is 0.691. The molecule has 0 saturated carbocycles. The maximum absolute atomic E-state index is 4.97. The van der Waals surface area contributed by atoms with Gasteiger partial charge in [-0.05, 0) is 19.1 Å². The Labute approximate surface area is 106 Å². The lowest BCUT2D eigenvalue weighted by molar-refractivity contribution is 0.941. The number of nitrogens with zero attached hydrogens (tertiary/aromatic N) is 2. The maximum Gasteiger partial charge on any atom is 0.166 e. The predicted octanol–water partition coefficient (Wildman–Crippen LogP) is 1.11. The Balaban J connectivity index is 2.17. The normalized spacial score (nSPS) is 9.88. The van der Waals surface area contributed by atoms with Crippen molar-refractivity contribution in [1.29, 1.82) is 0 Å². The molecule has 0 bridgehead atoms. The van der Waals surface area contributed by atoms with Crippen LogP contribution in [0.3, 0.4) is 0 Å². The molecule has 0 unspecified atom stereocenters. The van der Waals surface area contributed by atoms with Gasteiger partial charge in [0.25, 0.3) is 0 Å². The van der Waals surface area contributed by atoms with Crippen molar-refractivity contribution in [2.24, 2.45) is 0 Å². The Morgan fingerprint density at radius 3 is 2.88 bits per heavy atom. The van der Waals surface area contributed by atoms with Crippen molar-refractivity contribution in [2.75, 3.05) is 19.3 Å². The van der Waals surface area contributed by atoms with Gasteiger partial charge in [0.05, 0.1) is 11.4 Å². The van der Waals surface area contributed by atoms with Crippen LogP contribution in [0.4, 0.5) is 0 Å². The molecule has 1 heterocycles. The zero-order valence-electron chi connectivity index (χ0n) is 9.49. The van der Waals surface area contributed by atoms with E-state index in [0.29, 0.717) is 5.11 Å². The van der Waals surface area contributed by atoms with Gasteiger partial charge in [-0.2, -0.15) is 11.8 Å². The molecule has 0 aliphatic carbocycles. The van der Waals surface area contributed by atoms with Crippen LogP contribution in [0.2, 0.25) is 0 Å². The van der Waals surface area contributed by atoms with Gasteiger partial charge in [-0.25, -0.2) is 0 Å². The number of hydrogen-bond donors (Lipinski definition) is 2. The lowest BCUT2D eigenvalue weighted by Gasteiger charge is -2.06. The van der Waals surface area contributed by atoms with Crippen LogP contribution in [0.5, 0.6) is 0 Å². The lowest BCUT2D eigenvalue weighted by Crippen LogP contribution is -2.33. The van der Waals surface area contributed by atoms with Crippen molar-refractivity contribution in [2.45, 2.75) is 12.7 Å². The smallest absolute Gasteiger partial charge is 0.166 e. The Morgan fingerprint density at radius 2 is 2.19 bits per heavy atom. The van der Waals surface area contributed by atoms with Crippen LogP contribution in [-0.4, -0.2) is 34.4 Å². The van der Waals surface area contributed by atoms with Crippen LogP contribution in [0.15, 0.2) is 12.4 Å². The lowest BCUT2D eigenvalue weighted by atomic mass is 10.4. The number of aromatic nitrogens is 2. The molecule has 0 amide bonds. The number of rotatable bonds is 5. The van der Waals surface area contributed by atoms with Gasteiger partial charge in [-0.3, -0.25) is 9.97 Å². The third kappa shape index (κ3) is 4.76. The fraction of sp³-hybridized carbons (Fsp3) is 0.500. The molecule has 0 atom stereocenters. The molecule has 4 nitrogen and oxygen atoms in total. The van der Waals surface area contributed by atoms with E-state index in [2.05, 4.69) is 20.6 Å². The van der Waals surface area contributed by atoms with E-state index < -0.39 is 0 Å². The highest BCUT2D eigenvalue weighted by Gasteiger charge is 1.99. The van der Waals surface area contributed by atoms with E-state index in [-0.39, 0.29) is 0 Å². The van der Waals surface area contributed by atoms with E-state index in [1.807, 2.05) is 25.7 Å². The SMILES string of the molecule is CNC(=S)NCCSCc1nccnc1C. The van der Waals surface area contributed by atoms with Gasteiger partial charge in [0, 0.05) is 37.5 Å². The minimum atomic E-state index is 0.691. The zero-order chi connectivity index (χ0) is 11.8. The van der Waals surface area contributed by atoms with Crippen molar-refractivity contribution >= 4 is 29.1 Å². The average Bonchev–Trinajstić information content (AvgIpc) is 2.30. The summed E-state index contributed by atoms with van der Waals surface area (Å²) in [6, 6.07) is 0. The monoisotopic (exact) mass is 256 g/mol. The molecule has 0 aliphatic heterocycles. The number of hydrogen-bond acceptors (Lipinski definition) is 4. The summed E-state index contributed by atoms with van der Waals surface area (Å²) < 4.78 is 0. The summed E-state index contributed by atoms with van der Waals surface area (Å²) >= 11 is 6.79. The molecular formula is C10H16N4S2. The number of aryl methyl sites for hydroxylation is 1. The summed E-state index contributed by atoms with van der Waals surface area (Å²) in [5.74, 6) is 1.89. The van der Waals surface area contributed by atoms with Gasteiger partial charge in [0.1, 0.15) is 0 Å². The molecule has 16 heavy (non-hydrogen) atoms. The molecule has 0 radical (unpaired) electrons. The molecule has 1 aromatic heterocycles. The molecule has 0 aliphatic rings. The summed E-state index contributed by atoms with van der Waals surface area (Å²) in [7, 11) is 1.81. The number of nitrogens with one attached hydrogen (secondary N) is 2. The molecule has 2 N–H and O–H groups in total. The van der Waals surface area contributed by atoms with E-state index in [1.54, 1.807) is 12.4 Å². The molecular weight excluding hydrogens is 240 g/mol. The van der Waals surface area contributed by atoms with Crippen LogP contribution < -0.4 is 10.6 Å². The maximum atomic E-state index is 4.97. The molecule has 88 valence electrons. The van der Waals surface area contributed by atoms with Crippen LogP contribution >= 0.6 is 24.0 Å². The molecule has 0 saturated heterocycles. The van der Waals surface area contributed by atoms with Crippen molar-refractivity contribution in [1.82, 2.24) is 20.6 Å². The average molecular weight is 256 g/mol. The highest BCUT2D eigenvalue weighted by molar-refractivity contribution is 7.98. The highest BCUT2D eigenvalue weighted by atomic mass is 32.2. The van der Waals surface area contributed by atoms with Crippen molar-refractivity contribution < 1.29 is 0 Å². The quantitative estimate of drug-likeness (QED) is 0.608. The summed E-state index contributed by atoms with van der Waals surface area (Å²) in [5, 5.41) is 6.66. The highest BCUT2D eigenvalue weighted by Crippen LogP contribution is 2.10. The van der Waals surface area contributed by atoms with Crippen LogP contribution in [0.1, 0.15) is 11.4 Å². The first-order valence-corrected chi connectivity index (χ1v) is 6.60. The second-order valence-electron chi connectivity index (χ2n) is 3.15. The summed E-state index contributed by atoms with van der Waals surface area (Å²) in [6.07, 6.45) is 3.45. The number of thiocarbonyl (C=S) groups is 1. The van der Waals surface area contributed by atoms with Gasteiger partial charge >= 0.3 is 0 Å². The first-order valence-electron chi connectivity index (χ1n) is 5.04. The minimum Gasteiger partial charge on any atom is -0.366 e. The summed E-state index contributed by atoms with van der Waals surface area (Å²) in [4.78, 5) is 8.48. The Morgan fingerprint density at radius 1 is 1.44 bits per heavy atom. The zero-order valence-corrected chi connectivity index (χ0v) is 11.1. The molecule has 0 spiro atoms. The molecule has 0 aromatic carbocycles. The fourth-order valence-electron chi connectivity index (χ4n) is 1.07. The van der Waals surface area contributed by atoms with Crippen molar-refractivity contribution in [3.63, 3.8) is 0 Å². The van der Waals surface area contributed by atoms with Gasteiger partial charge in [0.2, 0.25) is 0 Å². The largest absolute Gasteiger partial charge is 0.366 e. The van der Waals surface area contributed by atoms with E-state index in [0.717, 1.165) is 29.4 Å². The van der Waals surface area contributed by atoms with Crippen LogP contribution in [-0.2, 0) is 5.75 Å². The van der Waals surface area contributed by atoms with Crippen LogP contribution in [0.25, 0.3) is 0 Å². The van der Waals surface area contributed by atoms with Gasteiger partial charge in [-0.15, -0.1) is 0 Å². The van der Waals surface area contributed by atoms with Crippen molar-refractivity contribution in [3.05, 3.63) is 23.8 Å². The van der Waals surface area contributed by atoms with E-state index in [4.69, 9.17) is 12.2 Å². The van der Waals surface area contributed by atoms with E-state index in [9.17, 15) is 0 Å². The number of thioether (sulfide) groups is 1. The second kappa shape index (κ2) is 7.40. The first-order chi connectivity index (χ1) is 7.74. The van der Waals surface area contributed by atoms with Crippen molar-refractivity contribution in [3.8, 4) is 0 Å². The van der Waals surface area contributed by atoms with E-state index >= 15 is 0 Å². The fourth-order valence-corrected chi connectivity index (χ4v) is 2.04. The van der Waals surface area contributed by atoms with E-state index in [1.165, 1.54) is 0 Å². The Bertz CT molecular complexity index is 343. The topological polar surface area (TPSA) is 49.8 Å². The molecule has 6 heteroatoms. The molecule has 0 fully saturated rings. The Hall–Kier alpha value is -0.880. The third-order valence-corrected chi connectivity index (χ3v) is 3.30. The first kappa shape index (κ1) is 13.2. The standard InChI is InChI=1S/C10H16N4S2/c1-8-9(13-4-3-12-8)7-16-6-5-14-10(15)11-2/h3-4H,5-7H2,1-2H3,(H2,11,14,15). The van der Waals surface area contributed by atoms with Gasteiger partial charge in [-0.1, -0.05) is 0 Å². The molecule has 1 rings (SSSR count). The van der Waals surface area contributed by atoms with Gasteiger partial charge < -0.3 is 10.6 Å².